The van der Waals surface area contributed by atoms with Crippen LogP contribution in [0.2, 0.25) is 0 Å². The maximum atomic E-state index is 12.6. The molecule has 0 radical (unpaired) electrons. The third-order valence-corrected chi connectivity index (χ3v) is 3.79. The van der Waals surface area contributed by atoms with Crippen LogP contribution in [0.25, 0.3) is 11.3 Å². The summed E-state index contributed by atoms with van der Waals surface area (Å²) in [5.74, 6) is -1.30. The fraction of sp³-hybridized carbons (Fsp3) is 0.150. The molecule has 26 heavy (non-hydrogen) atoms. The predicted octanol–water partition coefficient (Wildman–Crippen LogP) is 3.25. The van der Waals surface area contributed by atoms with Gasteiger partial charge >= 0.3 is 11.9 Å². The van der Waals surface area contributed by atoms with Gasteiger partial charge in [0.2, 0.25) is 0 Å². The lowest BCUT2D eigenvalue weighted by Gasteiger charge is -2.12. The molecular formula is C20H17NO5. The van der Waals surface area contributed by atoms with Crippen molar-refractivity contribution in [2.75, 3.05) is 11.9 Å². The Balaban J connectivity index is 2.08. The first-order chi connectivity index (χ1) is 12.5. The molecule has 6 heteroatoms. The van der Waals surface area contributed by atoms with Gasteiger partial charge in [-0.3, -0.25) is 9.59 Å². The number of nitrogens with one attached hydrogen (secondary N) is 1. The Morgan fingerprint density at radius 3 is 2.42 bits per heavy atom. The van der Waals surface area contributed by atoms with Crippen LogP contribution in [-0.2, 0) is 19.1 Å². The summed E-state index contributed by atoms with van der Waals surface area (Å²) >= 11 is 0. The van der Waals surface area contributed by atoms with Crippen LogP contribution < -0.4 is 5.32 Å². The van der Waals surface area contributed by atoms with Gasteiger partial charge in [0.1, 0.15) is 5.76 Å². The first kappa shape index (κ1) is 17.4. The molecule has 0 saturated carbocycles. The van der Waals surface area contributed by atoms with Crippen molar-refractivity contribution < 1.29 is 23.9 Å². The van der Waals surface area contributed by atoms with Crippen molar-refractivity contribution >= 4 is 34.9 Å². The number of hydrogen-bond acceptors (Lipinski definition) is 5. The van der Waals surface area contributed by atoms with E-state index in [2.05, 4.69) is 10.1 Å². The van der Waals surface area contributed by atoms with Crippen molar-refractivity contribution in [1.29, 1.82) is 0 Å². The van der Waals surface area contributed by atoms with Gasteiger partial charge in [-0.2, -0.15) is 0 Å². The second kappa shape index (κ2) is 7.23. The van der Waals surface area contributed by atoms with E-state index in [9.17, 15) is 14.4 Å². The van der Waals surface area contributed by atoms with Crippen LogP contribution in [0, 0.1) is 0 Å². The van der Waals surface area contributed by atoms with Crippen molar-refractivity contribution in [2.45, 2.75) is 13.8 Å². The van der Waals surface area contributed by atoms with Gasteiger partial charge in [0.25, 0.3) is 5.91 Å². The summed E-state index contributed by atoms with van der Waals surface area (Å²) in [6, 6.07) is 14.0. The van der Waals surface area contributed by atoms with Crippen molar-refractivity contribution in [2.24, 2.45) is 0 Å². The van der Waals surface area contributed by atoms with Gasteiger partial charge in [-0.25, -0.2) is 4.79 Å². The summed E-state index contributed by atoms with van der Waals surface area (Å²) in [5, 5.41) is 2.74. The molecular weight excluding hydrogens is 334 g/mol. The molecule has 1 aliphatic rings. The van der Waals surface area contributed by atoms with Crippen LogP contribution in [0.4, 0.5) is 5.69 Å². The van der Waals surface area contributed by atoms with Crippen molar-refractivity contribution in [1.82, 2.24) is 0 Å². The molecule has 3 rings (SSSR count). The highest BCUT2D eigenvalue weighted by Gasteiger charge is 2.30. The maximum absolute atomic E-state index is 12.6. The van der Waals surface area contributed by atoms with Crippen LogP contribution in [0.5, 0.6) is 0 Å². The Morgan fingerprint density at radius 1 is 1.04 bits per heavy atom. The summed E-state index contributed by atoms with van der Waals surface area (Å²) < 4.78 is 10.3. The molecule has 1 N–H and O–H groups in total. The minimum Gasteiger partial charge on any atom is -0.492 e. The average Bonchev–Trinajstić information content (AvgIpc) is 2.94. The fourth-order valence-electron chi connectivity index (χ4n) is 2.75. The molecule has 0 aromatic heterocycles. The maximum Gasteiger partial charge on any atom is 0.345 e. The lowest BCUT2D eigenvalue weighted by atomic mass is 10.0. The Morgan fingerprint density at radius 2 is 1.77 bits per heavy atom. The molecule has 1 heterocycles. The van der Waals surface area contributed by atoms with Gasteiger partial charge in [-0.1, -0.05) is 36.4 Å². The van der Waals surface area contributed by atoms with E-state index in [1.807, 2.05) is 37.3 Å². The van der Waals surface area contributed by atoms with Crippen molar-refractivity contribution in [3.63, 3.8) is 0 Å². The SMILES string of the molecule is CCO/C(=C1/C(=O)Nc2cc(C(=O)OC(C)=O)ccc21)c1ccccc1. The van der Waals surface area contributed by atoms with Gasteiger partial charge in [0, 0.05) is 18.1 Å². The summed E-state index contributed by atoms with van der Waals surface area (Å²) in [4.78, 5) is 35.4. The Hall–Kier alpha value is -3.41. The lowest BCUT2D eigenvalue weighted by molar-refractivity contribution is -0.135. The first-order valence-corrected chi connectivity index (χ1v) is 8.12. The highest BCUT2D eigenvalue weighted by molar-refractivity contribution is 6.36. The monoisotopic (exact) mass is 351 g/mol. The minimum atomic E-state index is -0.764. The molecule has 1 amide bonds. The molecule has 132 valence electrons. The van der Waals surface area contributed by atoms with Crippen LogP contribution in [0.1, 0.15) is 35.3 Å². The molecule has 0 bridgehead atoms. The number of fused-ring (bicyclic) bond motifs is 1. The summed E-state index contributed by atoms with van der Waals surface area (Å²) in [6.07, 6.45) is 0. The van der Waals surface area contributed by atoms with Gasteiger partial charge in [-0.15, -0.1) is 0 Å². The second-order valence-electron chi connectivity index (χ2n) is 5.60. The van der Waals surface area contributed by atoms with Crippen molar-refractivity contribution in [3.8, 4) is 0 Å². The van der Waals surface area contributed by atoms with E-state index in [-0.39, 0.29) is 11.5 Å². The quantitative estimate of drug-likeness (QED) is 0.396. The molecule has 2 aromatic rings. The van der Waals surface area contributed by atoms with Gasteiger partial charge < -0.3 is 14.8 Å². The zero-order valence-electron chi connectivity index (χ0n) is 14.4. The normalized spacial score (nSPS) is 14.3. The third kappa shape index (κ3) is 3.35. The zero-order chi connectivity index (χ0) is 18.7. The molecule has 0 atom stereocenters. The highest BCUT2D eigenvalue weighted by atomic mass is 16.6. The van der Waals surface area contributed by atoms with Crippen LogP contribution >= 0.6 is 0 Å². The highest BCUT2D eigenvalue weighted by Crippen LogP contribution is 2.38. The number of ether oxygens (including phenoxy) is 2. The standard InChI is InChI=1S/C20H17NO5/c1-3-25-18(13-7-5-4-6-8-13)17-15-10-9-14(20(24)26-12(2)22)11-16(15)21-19(17)23/h4-11H,3H2,1-2H3,(H,21,23)/b18-17+. The smallest absolute Gasteiger partial charge is 0.345 e. The number of rotatable bonds is 4. The molecule has 0 saturated heterocycles. The number of benzene rings is 2. The molecule has 0 unspecified atom stereocenters. The average molecular weight is 351 g/mol. The topological polar surface area (TPSA) is 81.7 Å². The first-order valence-electron chi connectivity index (χ1n) is 8.12. The Labute approximate surface area is 150 Å². The predicted molar refractivity (Wildman–Crippen MR) is 96.1 cm³/mol. The number of amides is 1. The number of hydrogen-bond donors (Lipinski definition) is 1. The van der Waals surface area contributed by atoms with Crippen LogP contribution in [0.3, 0.4) is 0 Å². The number of carbonyl (C=O) groups excluding carboxylic acids is 3. The molecule has 0 spiro atoms. The zero-order valence-corrected chi connectivity index (χ0v) is 14.4. The largest absolute Gasteiger partial charge is 0.492 e. The number of carbonyl (C=O) groups is 3. The summed E-state index contributed by atoms with van der Waals surface area (Å²) in [7, 11) is 0. The third-order valence-electron chi connectivity index (χ3n) is 3.79. The minimum absolute atomic E-state index is 0.179. The molecule has 1 aliphatic heterocycles. The van der Waals surface area contributed by atoms with Crippen LogP contribution in [0.15, 0.2) is 48.5 Å². The van der Waals surface area contributed by atoms with Crippen molar-refractivity contribution in [3.05, 3.63) is 65.2 Å². The van der Waals surface area contributed by atoms with E-state index in [1.54, 1.807) is 6.07 Å². The summed E-state index contributed by atoms with van der Waals surface area (Å²) in [6.45, 7) is 3.40. The number of anilines is 1. The van der Waals surface area contributed by atoms with E-state index >= 15 is 0 Å². The second-order valence-corrected chi connectivity index (χ2v) is 5.60. The Bertz CT molecular complexity index is 915. The lowest BCUT2D eigenvalue weighted by Crippen LogP contribution is -2.09. The van der Waals surface area contributed by atoms with Gasteiger partial charge in [0.15, 0.2) is 0 Å². The van der Waals surface area contributed by atoms with E-state index in [0.717, 1.165) is 12.5 Å². The van der Waals surface area contributed by atoms with E-state index in [0.29, 0.717) is 29.2 Å². The Kier molecular flexibility index (Phi) is 4.84. The summed E-state index contributed by atoms with van der Waals surface area (Å²) in [5.41, 5.74) is 2.46. The molecule has 6 nitrogen and oxygen atoms in total. The molecule has 2 aromatic carbocycles. The fourth-order valence-corrected chi connectivity index (χ4v) is 2.75. The number of esters is 2. The van der Waals surface area contributed by atoms with Gasteiger partial charge in [0.05, 0.1) is 23.4 Å². The molecule has 0 aliphatic carbocycles. The van der Waals surface area contributed by atoms with Crippen LogP contribution in [-0.4, -0.2) is 24.5 Å². The van der Waals surface area contributed by atoms with Gasteiger partial charge in [-0.05, 0) is 19.1 Å². The van der Waals surface area contributed by atoms with E-state index in [1.165, 1.54) is 12.1 Å². The molecule has 0 fully saturated rings. The van der Waals surface area contributed by atoms with E-state index in [4.69, 9.17) is 4.74 Å². The van der Waals surface area contributed by atoms with E-state index < -0.39 is 11.9 Å².